The van der Waals surface area contributed by atoms with E-state index in [1.165, 1.54) is 13.2 Å². The molecule has 2 aromatic rings. The molecule has 0 bridgehead atoms. The molecule has 2 heterocycles. The van der Waals surface area contributed by atoms with Crippen molar-refractivity contribution in [2.24, 2.45) is 0 Å². The van der Waals surface area contributed by atoms with Gasteiger partial charge >= 0.3 is 5.97 Å². The van der Waals surface area contributed by atoms with Crippen molar-refractivity contribution in [1.82, 2.24) is 4.90 Å². The van der Waals surface area contributed by atoms with E-state index in [1.54, 1.807) is 44.2 Å². The van der Waals surface area contributed by atoms with Crippen LogP contribution in [0.1, 0.15) is 19.6 Å². The molecule has 0 saturated carbocycles. The van der Waals surface area contributed by atoms with Gasteiger partial charge in [-0.05, 0) is 55.9 Å². The standard InChI is InChI=1S/C20H18ClNO6S/c1-11(2)27-18(23)10-22-19(24)17(29-20(22)25)9-13-5-7-16(28-13)14-8-12(21)4-6-15(14)26-3/h4-9,11H,10H2,1-3H3. The van der Waals surface area contributed by atoms with Crippen molar-refractivity contribution in [3.05, 3.63) is 46.0 Å². The molecule has 0 radical (unpaired) electrons. The summed E-state index contributed by atoms with van der Waals surface area (Å²) in [5, 5.41) is -0.0154. The van der Waals surface area contributed by atoms with Gasteiger partial charge in [-0.1, -0.05) is 11.6 Å². The third kappa shape index (κ3) is 4.83. The minimum absolute atomic E-state index is 0.159. The van der Waals surface area contributed by atoms with Crippen LogP contribution in [0.15, 0.2) is 39.7 Å². The molecule has 1 aromatic heterocycles. The molecule has 9 heteroatoms. The fraction of sp³-hybridized carbons (Fsp3) is 0.250. The second-order valence-corrected chi connectivity index (χ2v) is 7.78. The number of nitrogens with zero attached hydrogens (tertiary/aromatic N) is 1. The Hall–Kier alpha value is -2.71. The van der Waals surface area contributed by atoms with Crippen molar-refractivity contribution in [3.8, 4) is 17.1 Å². The molecule has 1 fully saturated rings. The lowest BCUT2D eigenvalue weighted by Gasteiger charge is -2.13. The third-order valence-electron chi connectivity index (χ3n) is 3.86. The van der Waals surface area contributed by atoms with E-state index in [-0.39, 0.29) is 11.0 Å². The van der Waals surface area contributed by atoms with Crippen molar-refractivity contribution < 1.29 is 28.3 Å². The van der Waals surface area contributed by atoms with Crippen molar-refractivity contribution in [2.75, 3.05) is 13.7 Å². The zero-order valence-corrected chi connectivity index (χ0v) is 17.5. The smallest absolute Gasteiger partial charge is 0.326 e. The van der Waals surface area contributed by atoms with Gasteiger partial charge in [-0.15, -0.1) is 0 Å². The fourth-order valence-electron chi connectivity index (χ4n) is 2.64. The molecular formula is C20H18ClNO6S. The average Bonchev–Trinajstić information content (AvgIpc) is 3.21. The highest BCUT2D eigenvalue weighted by Crippen LogP contribution is 2.36. The topological polar surface area (TPSA) is 86.0 Å². The van der Waals surface area contributed by atoms with E-state index in [2.05, 4.69) is 0 Å². The van der Waals surface area contributed by atoms with Gasteiger partial charge in [0.1, 0.15) is 23.8 Å². The van der Waals surface area contributed by atoms with Crippen LogP contribution in [0.5, 0.6) is 5.75 Å². The maximum Gasteiger partial charge on any atom is 0.326 e. The molecule has 0 N–H and O–H groups in total. The molecule has 7 nitrogen and oxygen atoms in total. The van der Waals surface area contributed by atoms with E-state index in [0.717, 1.165) is 16.7 Å². The lowest BCUT2D eigenvalue weighted by Crippen LogP contribution is -2.35. The summed E-state index contributed by atoms with van der Waals surface area (Å²) in [6, 6.07) is 8.51. The Morgan fingerprint density at radius 2 is 2.03 bits per heavy atom. The van der Waals surface area contributed by atoms with E-state index in [1.807, 2.05) is 0 Å². The number of hydrogen-bond donors (Lipinski definition) is 0. The number of furan rings is 1. The van der Waals surface area contributed by atoms with Crippen LogP contribution in [-0.2, 0) is 14.3 Å². The third-order valence-corrected chi connectivity index (χ3v) is 5.00. The largest absolute Gasteiger partial charge is 0.496 e. The number of methoxy groups -OCH3 is 1. The number of halogens is 1. The molecule has 0 aliphatic carbocycles. The molecular weight excluding hydrogens is 418 g/mol. The van der Waals surface area contributed by atoms with Gasteiger partial charge in [-0.2, -0.15) is 0 Å². The van der Waals surface area contributed by atoms with Crippen molar-refractivity contribution >= 4 is 46.6 Å². The quantitative estimate of drug-likeness (QED) is 0.484. The van der Waals surface area contributed by atoms with Gasteiger partial charge in [-0.3, -0.25) is 19.3 Å². The van der Waals surface area contributed by atoms with Gasteiger partial charge in [0.15, 0.2) is 0 Å². The number of esters is 1. The van der Waals surface area contributed by atoms with Crippen LogP contribution in [0.2, 0.25) is 5.02 Å². The lowest BCUT2D eigenvalue weighted by atomic mass is 10.1. The minimum atomic E-state index is -0.642. The van der Waals surface area contributed by atoms with Gasteiger partial charge in [-0.25, -0.2) is 0 Å². The molecule has 29 heavy (non-hydrogen) atoms. The Labute approximate surface area is 176 Å². The molecule has 0 spiro atoms. The summed E-state index contributed by atoms with van der Waals surface area (Å²) in [5.74, 6) is 0.239. The number of carbonyl (C=O) groups is 3. The van der Waals surface area contributed by atoms with Crippen LogP contribution in [0.3, 0.4) is 0 Å². The van der Waals surface area contributed by atoms with Gasteiger partial charge in [0.2, 0.25) is 0 Å². The summed E-state index contributed by atoms with van der Waals surface area (Å²) < 4.78 is 16.1. The number of thioether (sulfide) groups is 1. The summed E-state index contributed by atoms with van der Waals surface area (Å²) in [6.45, 7) is 2.95. The molecule has 1 saturated heterocycles. The number of ether oxygens (including phenoxy) is 2. The van der Waals surface area contributed by atoms with Gasteiger partial charge in [0.25, 0.3) is 11.1 Å². The first-order valence-corrected chi connectivity index (χ1v) is 9.86. The van der Waals surface area contributed by atoms with E-state index < -0.39 is 23.7 Å². The Bertz CT molecular complexity index is 997. The second-order valence-electron chi connectivity index (χ2n) is 6.35. The predicted octanol–water partition coefficient (Wildman–Crippen LogP) is 4.60. The maximum atomic E-state index is 12.5. The minimum Gasteiger partial charge on any atom is -0.496 e. The van der Waals surface area contributed by atoms with Gasteiger partial charge in [0, 0.05) is 11.1 Å². The van der Waals surface area contributed by atoms with E-state index in [9.17, 15) is 14.4 Å². The lowest BCUT2D eigenvalue weighted by molar-refractivity contribution is -0.149. The molecule has 3 rings (SSSR count). The number of amides is 2. The Morgan fingerprint density at radius 3 is 2.72 bits per heavy atom. The van der Waals surface area contributed by atoms with Crippen LogP contribution in [0, 0.1) is 0 Å². The van der Waals surface area contributed by atoms with Crippen LogP contribution < -0.4 is 4.74 Å². The van der Waals surface area contributed by atoms with Crippen molar-refractivity contribution in [3.63, 3.8) is 0 Å². The normalized spacial score (nSPS) is 15.5. The first-order valence-electron chi connectivity index (χ1n) is 8.67. The first-order chi connectivity index (χ1) is 13.8. The summed E-state index contributed by atoms with van der Waals surface area (Å²) in [5.41, 5.74) is 0.657. The van der Waals surface area contributed by atoms with E-state index in [4.69, 9.17) is 25.5 Å². The van der Waals surface area contributed by atoms with Crippen LogP contribution >= 0.6 is 23.4 Å². The number of imide groups is 1. The Balaban J connectivity index is 1.80. The highest BCUT2D eigenvalue weighted by molar-refractivity contribution is 8.18. The Kier molecular flexibility index (Phi) is 6.34. The van der Waals surface area contributed by atoms with Crippen LogP contribution in [0.25, 0.3) is 17.4 Å². The maximum absolute atomic E-state index is 12.5. The van der Waals surface area contributed by atoms with Gasteiger partial charge < -0.3 is 13.9 Å². The van der Waals surface area contributed by atoms with Crippen molar-refractivity contribution in [2.45, 2.75) is 20.0 Å². The molecule has 1 aliphatic rings. The zero-order chi connectivity index (χ0) is 21.1. The first kappa shape index (κ1) is 21.0. The monoisotopic (exact) mass is 435 g/mol. The summed E-state index contributed by atoms with van der Waals surface area (Å²) in [7, 11) is 1.54. The van der Waals surface area contributed by atoms with Gasteiger partial charge in [0.05, 0.1) is 23.7 Å². The molecule has 0 atom stereocenters. The number of benzene rings is 1. The van der Waals surface area contributed by atoms with Crippen LogP contribution in [0.4, 0.5) is 4.79 Å². The van der Waals surface area contributed by atoms with E-state index in [0.29, 0.717) is 27.9 Å². The summed E-state index contributed by atoms with van der Waals surface area (Å²) >= 11 is 6.79. The number of carbonyl (C=O) groups excluding carboxylic acids is 3. The highest BCUT2D eigenvalue weighted by Gasteiger charge is 2.37. The van der Waals surface area contributed by atoms with Crippen molar-refractivity contribution in [1.29, 1.82) is 0 Å². The predicted molar refractivity (Wildman–Crippen MR) is 110 cm³/mol. The average molecular weight is 436 g/mol. The number of rotatable bonds is 6. The molecule has 2 amide bonds. The SMILES string of the molecule is COc1ccc(Cl)cc1-c1ccc(C=C2SC(=O)N(CC(=O)OC(C)C)C2=O)o1. The summed E-state index contributed by atoms with van der Waals surface area (Å²) in [6.07, 6.45) is 1.13. The zero-order valence-electron chi connectivity index (χ0n) is 15.9. The summed E-state index contributed by atoms with van der Waals surface area (Å²) in [4.78, 5) is 37.4. The molecule has 1 aromatic carbocycles. The molecule has 0 unspecified atom stereocenters. The second kappa shape index (κ2) is 8.75. The van der Waals surface area contributed by atoms with E-state index >= 15 is 0 Å². The highest BCUT2D eigenvalue weighted by atomic mass is 35.5. The fourth-order valence-corrected chi connectivity index (χ4v) is 3.63. The van der Waals surface area contributed by atoms with Crippen LogP contribution in [-0.4, -0.2) is 41.8 Å². The number of hydrogen-bond acceptors (Lipinski definition) is 7. The Morgan fingerprint density at radius 1 is 1.28 bits per heavy atom. The molecule has 1 aliphatic heterocycles. The molecule has 152 valence electrons.